The number of nitrogen functional groups attached to an aromatic ring is 1. The van der Waals surface area contributed by atoms with E-state index in [1.807, 2.05) is 0 Å². The van der Waals surface area contributed by atoms with Crippen molar-refractivity contribution < 1.29 is 13.9 Å². The van der Waals surface area contributed by atoms with Gasteiger partial charge in [0.15, 0.2) is 5.65 Å². The maximum Gasteiger partial charge on any atom is 0.234 e. The number of carbonyl (C=O) groups is 1. The molecule has 0 spiro atoms. The Bertz CT molecular complexity index is 900. The molecular weight excluding hydrogens is 335 g/mol. The molecule has 24 heavy (non-hydrogen) atoms. The number of carbonyl (C=O) groups excluding carboxylic acids is 1. The zero-order valence-corrected chi connectivity index (χ0v) is 13.4. The van der Waals surface area contributed by atoms with Gasteiger partial charge in [0.1, 0.15) is 22.1 Å². The summed E-state index contributed by atoms with van der Waals surface area (Å²) >= 11 is 1.15. The third-order valence-electron chi connectivity index (χ3n) is 3.06. The Balaban J connectivity index is 1.68. The molecule has 0 aliphatic carbocycles. The molecule has 0 aliphatic rings. The number of anilines is 2. The van der Waals surface area contributed by atoms with Crippen molar-refractivity contribution in [3.63, 3.8) is 0 Å². The lowest BCUT2D eigenvalue weighted by atomic mass is 10.3. The highest BCUT2D eigenvalue weighted by Crippen LogP contribution is 2.24. The van der Waals surface area contributed by atoms with Gasteiger partial charge < -0.3 is 20.8 Å². The second kappa shape index (κ2) is 6.71. The molecule has 0 saturated carbocycles. The molecule has 3 rings (SSSR count). The van der Waals surface area contributed by atoms with E-state index in [0.717, 1.165) is 11.8 Å². The van der Waals surface area contributed by atoms with Crippen molar-refractivity contribution in [2.75, 3.05) is 23.9 Å². The fraction of sp³-hybridized carbons (Fsp3) is 0.143. The van der Waals surface area contributed by atoms with Crippen LogP contribution in [0.1, 0.15) is 0 Å². The Morgan fingerprint density at radius 2 is 2.29 bits per heavy atom. The summed E-state index contributed by atoms with van der Waals surface area (Å²) in [5.74, 6) is -0.490. The van der Waals surface area contributed by atoms with Crippen LogP contribution in [-0.4, -0.2) is 38.7 Å². The Morgan fingerprint density at radius 1 is 1.46 bits per heavy atom. The van der Waals surface area contributed by atoms with E-state index >= 15 is 0 Å². The number of fused-ring (bicyclic) bond motifs is 1. The molecule has 0 saturated heterocycles. The van der Waals surface area contributed by atoms with Crippen molar-refractivity contribution in [1.82, 2.24) is 19.9 Å². The Kier molecular flexibility index (Phi) is 4.47. The minimum atomic E-state index is -0.574. The minimum absolute atomic E-state index is 0.0239. The summed E-state index contributed by atoms with van der Waals surface area (Å²) in [6.45, 7) is 0. The van der Waals surface area contributed by atoms with Crippen molar-refractivity contribution in [3.8, 4) is 5.75 Å². The van der Waals surface area contributed by atoms with Gasteiger partial charge in [0.25, 0.3) is 0 Å². The van der Waals surface area contributed by atoms with E-state index in [-0.39, 0.29) is 23.3 Å². The van der Waals surface area contributed by atoms with Crippen molar-refractivity contribution in [3.05, 3.63) is 30.3 Å². The Morgan fingerprint density at radius 3 is 3.04 bits per heavy atom. The monoisotopic (exact) mass is 348 g/mol. The number of imidazole rings is 1. The molecule has 0 unspecified atom stereocenters. The highest BCUT2D eigenvalue weighted by Gasteiger charge is 2.13. The number of nitrogens with zero attached hydrogens (tertiary/aromatic N) is 3. The van der Waals surface area contributed by atoms with Crippen LogP contribution in [0.3, 0.4) is 0 Å². The molecular formula is C14H13FN6O2S. The van der Waals surface area contributed by atoms with Crippen LogP contribution in [0.4, 0.5) is 16.0 Å². The number of H-pyrrole nitrogens is 1. The molecule has 124 valence electrons. The van der Waals surface area contributed by atoms with Crippen LogP contribution < -0.4 is 15.8 Å². The second-order valence-corrected chi connectivity index (χ2v) is 5.63. The first kappa shape index (κ1) is 16.0. The highest BCUT2D eigenvalue weighted by atomic mass is 32.2. The summed E-state index contributed by atoms with van der Waals surface area (Å²) in [5, 5.41) is 3.00. The first-order valence-electron chi connectivity index (χ1n) is 6.79. The maximum atomic E-state index is 13.8. The fourth-order valence-electron chi connectivity index (χ4n) is 1.97. The number of nitrogens with one attached hydrogen (secondary N) is 2. The molecule has 0 aliphatic heterocycles. The number of methoxy groups -OCH3 is 1. The molecule has 0 bridgehead atoms. The third-order valence-corrected chi connectivity index (χ3v) is 4.04. The van der Waals surface area contributed by atoms with Gasteiger partial charge in [-0.3, -0.25) is 4.79 Å². The van der Waals surface area contributed by atoms with Gasteiger partial charge in [0.05, 0.1) is 24.9 Å². The number of ether oxygens (including phenoxy) is 1. The van der Waals surface area contributed by atoms with Crippen LogP contribution in [0.2, 0.25) is 0 Å². The fourth-order valence-corrected chi connectivity index (χ4v) is 2.76. The van der Waals surface area contributed by atoms with Crippen LogP contribution in [0.25, 0.3) is 11.2 Å². The van der Waals surface area contributed by atoms with Crippen LogP contribution in [0, 0.1) is 5.82 Å². The van der Waals surface area contributed by atoms with E-state index in [1.165, 1.54) is 25.6 Å². The molecule has 2 heterocycles. The molecule has 0 fully saturated rings. The molecule has 0 radical (unpaired) electrons. The van der Waals surface area contributed by atoms with Crippen molar-refractivity contribution >= 4 is 40.5 Å². The number of aromatic nitrogens is 4. The zero-order chi connectivity index (χ0) is 17.1. The van der Waals surface area contributed by atoms with Gasteiger partial charge in [-0.1, -0.05) is 11.8 Å². The number of thioether (sulfide) groups is 1. The summed E-state index contributed by atoms with van der Waals surface area (Å²) < 4.78 is 18.7. The van der Waals surface area contributed by atoms with E-state index in [0.29, 0.717) is 21.9 Å². The molecule has 3 aromatic rings. The summed E-state index contributed by atoms with van der Waals surface area (Å²) in [6, 6.07) is 4.19. The average molecular weight is 348 g/mol. The van der Waals surface area contributed by atoms with E-state index in [9.17, 15) is 9.18 Å². The predicted octanol–water partition coefficient (Wildman–Crippen LogP) is 1.81. The Labute approximate surface area is 140 Å². The molecule has 2 aromatic heterocycles. The number of rotatable bonds is 5. The highest BCUT2D eigenvalue weighted by molar-refractivity contribution is 8.00. The van der Waals surface area contributed by atoms with Gasteiger partial charge >= 0.3 is 0 Å². The quantitative estimate of drug-likeness (QED) is 0.475. The first-order valence-corrected chi connectivity index (χ1v) is 7.78. The SMILES string of the molecule is COc1ccc(NC(=O)CSc2nc(N)nc3nc[nH]c23)c(F)c1. The molecule has 8 nitrogen and oxygen atoms in total. The largest absolute Gasteiger partial charge is 0.497 e. The van der Waals surface area contributed by atoms with Gasteiger partial charge in [0.2, 0.25) is 11.9 Å². The molecule has 1 amide bonds. The van der Waals surface area contributed by atoms with Crippen LogP contribution in [0.5, 0.6) is 5.75 Å². The molecule has 0 atom stereocenters. The van der Waals surface area contributed by atoms with Gasteiger partial charge in [-0.2, -0.15) is 4.98 Å². The first-order chi connectivity index (χ1) is 11.6. The zero-order valence-electron chi connectivity index (χ0n) is 12.5. The standard InChI is InChI=1S/C14H13FN6O2S/c1-23-7-2-3-9(8(15)4-7)19-10(22)5-24-13-11-12(18-6-17-11)20-14(16)21-13/h2-4,6H,5H2,1H3,(H,19,22)(H3,16,17,18,20,21). The van der Waals surface area contributed by atoms with Gasteiger partial charge in [-0.05, 0) is 12.1 Å². The van der Waals surface area contributed by atoms with E-state index < -0.39 is 5.82 Å². The Hall–Kier alpha value is -2.88. The van der Waals surface area contributed by atoms with Gasteiger partial charge in [0, 0.05) is 6.07 Å². The van der Waals surface area contributed by atoms with Crippen LogP contribution in [0.15, 0.2) is 29.6 Å². The minimum Gasteiger partial charge on any atom is -0.497 e. The summed E-state index contributed by atoms with van der Waals surface area (Å²) in [6.07, 6.45) is 1.47. The molecule has 1 aromatic carbocycles. The maximum absolute atomic E-state index is 13.8. The average Bonchev–Trinajstić information content (AvgIpc) is 3.02. The normalized spacial score (nSPS) is 10.8. The van der Waals surface area contributed by atoms with Crippen molar-refractivity contribution in [2.24, 2.45) is 0 Å². The number of amides is 1. The predicted molar refractivity (Wildman–Crippen MR) is 88.4 cm³/mol. The number of aromatic amines is 1. The molecule has 10 heteroatoms. The lowest BCUT2D eigenvalue weighted by Gasteiger charge is -2.08. The van der Waals surface area contributed by atoms with Crippen LogP contribution >= 0.6 is 11.8 Å². The summed E-state index contributed by atoms with van der Waals surface area (Å²) in [7, 11) is 1.44. The van der Waals surface area contributed by atoms with E-state index in [4.69, 9.17) is 10.5 Å². The number of nitrogens with two attached hydrogens (primary N) is 1. The van der Waals surface area contributed by atoms with Gasteiger partial charge in [-0.25, -0.2) is 14.4 Å². The molecule has 4 N–H and O–H groups in total. The summed E-state index contributed by atoms with van der Waals surface area (Å²) in [4.78, 5) is 27.0. The van der Waals surface area contributed by atoms with Crippen molar-refractivity contribution in [1.29, 1.82) is 0 Å². The lowest BCUT2D eigenvalue weighted by molar-refractivity contribution is -0.113. The topological polar surface area (TPSA) is 119 Å². The number of hydrogen-bond donors (Lipinski definition) is 3. The summed E-state index contributed by atoms with van der Waals surface area (Å²) in [5.41, 5.74) is 6.71. The van der Waals surface area contributed by atoms with Gasteiger partial charge in [-0.15, -0.1) is 0 Å². The third kappa shape index (κ3) is 3.38. The number of benzene rings is 1. The smallest absolute Gasteiger partial charge is 0.234 e. The van der Waals surface area contributed by atoms with Crippen LogP contribution in [-0.2, 0) is 4.79 Å². The van der Waals surface area contributed by atoms with E-state index in [1.54, 1.807) is 6.07 Å². The second-order valence-electron chi connectivity index (χ2n) is 4.67. The lowest BCUT2D eigenvalue weighted by Crippen LogP contribution is -2.15. The number of halogens is 1. The van der Waals surface area contributed by atoms with E-state index in [2.05, 4.69) is 25.3 Å². The van der Waals surface area contributed by atoms with Crippen molar-refractivity contribution in [2.45, 2.75) is 5.03 Å². The number of hydrogen-bond acceptors (Lipinski definition) is 7.